The van der Waals surface area contributed by atoms with Gasteiger partial charge in [0.15, 0.2) is 5.78 Å². The Hall–Kier alpha value is -1.88. The van der Waals surface area contributed by atoms with Gasteiger partial charge in [-0.3, -0.25) is 9.00 Å². The molecule has 0 spiro atoms. The molecule has 0 aliphatic heterocycles. The number of halogens is 2. The summed E-state index contributed by atoms with van der Waals surface area (Å²) in [7, 11) is -1.74. The van der Waals surface area contributed by atoms with Gasteiger partial charge < -0.3 is 0 Å². The fraction of sp³-hybridized carbons (Fsp3) is 0.133. The third-order valence-electron chi connectivity index (χ3n) is 2.75. The van der Waals surface area contributed by atoms with E-state index in [1.54, 1.807) is 30.3 Å². The second-order valence-corrected chi connectivity index (χ2v) is 5.70. The van der Waals surface area contributed by atoms with E-state index in [1.165, 1.54) is 0 Å². The van der Waals surface area contributed by atoms with Crippen LogP contribution in [0.15, 0.2) is 53.4 Å². The van der Waals surface area contributed by atoms with Gasteiger partial charge in [-0.25, -0.2) is 8.78 Å². The number of ketones is 1. The molecular weight excluding hydrogens is 282 g/mol. The quantitative estimate of drug-likeness (QED) is 0.793. The maximum atomic E-state index is 13.4. The molecule has 2 aromatic rings. The fourth-order valence-corrected chi connectivity index (χ4v) is 2.84. The van der Waals surface area contributed by atoms with Crippen molar-refractivity contribution in [2.45, 2.75) is 11.3 Å². The topological polar surface area (TPSA) is 34.1 Å². The maximum absolute atomic E-state index is 13.4. The molecule has 2 aromatic carbocycles. The van der Waals surface area contributed by atoms with Crippen LogP contribution in [0.2, 0.25) is 0 Å². The molecule has 0 aliphatic carbocycles. The molecule has 2 rings (SSSR count). The molecule has 0 bridgehead atoms. The molecule has 0 heterocycles. The molecule has 2 nitrogen and oxygen atoms in total. The van der Waals surface area contributed by atoms with Crippen LogP contribution in [-0.2, 0) is 10.8 Å². The molecule has 0 fully saturated rings. The van der Waals surface area contributed by atoms with E-state index in [1.807, 2.05) is 0 Å². The molecule has 0 saturated heterocycles. The van der Waals surface area contributed by atoms with Crippen LogP contribution in [-0.4, -0.2) is 15.7 Å². The first-order valence-corrected chi connectivity index (χ1v) is 7.31. The Morgan fingerprint density at radius 1 is 1.05 bits per heavy atom. The van der Waals surface area contributed by atoms with Crippen molar-refractivity contribution >= 4 is 16.6 Å². The van der Waals surface area contributed by atoms with E-state index in [2.05, 4.69) is 0 Å². The Labute approximate surface area is 117 Å². The summed E-state index contributed by atoms with van der Waals surface area (Å²) in [6, 6.07) is 11.4. The average Bonchev–Trinajstić information content (AvgIpc) is 2.47. The molecule has 1 atom stereocenters. The van der Waals surface area contributed by atoms with Crippen LogP contribution in [0.1, 0.15) is 16.8 Å². The van der Waals surface area contributed by atoms with Gasteiger partial charge in [-0.1, -0.05) is 30.3 Å². The Kier molecular flexibility index (Phi) is 4.74. The van der Waals surface area contributed by atoms with E-state index < -0.39 is 22.4 Å². The molecule has 5 heteroatoms. The zero-order chi connectivity index (χ0) is 14.5. The zero-order valence-electron chi connectivity index (χ0n) is 10.5. The van der Waals surface area contributed by atoms with Crippen molar-refractivity contribution in [3.05, 3.63) is 65.7 Å². The van der Waals surface area contributed by atoms with Crippen LogP contribution in [0, 0.1) is 11.6 Å². The minimum absolute atomic E-state index is 0.0204. The third kappa shape index (κ3) is 3.57. The highest BCUT2D eigenvalue weighted by Gasteiger charge is 2.14. The second-order valence-electron chi connectivity index (χ2n) is 4.16. The summed E-state index contributed by atoms with van der Waals surface area (Å²) in [5.74, 6) is -1.58. The first kappa shape index (κ1) is 14.5. The van der Waals surface area contributed by atoms with Gasteiger partial charge in [-0.15, -0.1) is 0 Å². The summed E-state index contributed by atoms with van der Waals surface area (Å²) < 4.78 is 38.3. The molecule has 1 unspecified atom stereocenters. The number of hydrogen-bond donors (Lipinski definition) is 0. The van der Waals surface area contributed by atoms with Crippen LogP contribution >= 0.6 is 0 Å². The first-order valence-electron chi connectivity index (χ1n) is 5.99. The standard InChI is InChI=1S/C15H12F2O2S/c16-12-6-7-13(17)15(10-12)20(19)9-8-14(18)11-4-2-1-3-5-11/h1-7,10H,8-9H2. The van der Waals surface area contributed by atoms with Crippen molar-refractivity contribution in [3.8, 4) is 0 Å². The van der Waals surface area contributed by atoms with Gasteiger partial charge in [0.25, 0.3) is 0 Å². The number of Topliss-reactive ketones (excluding diaryl/α,β-unsaturated/α-hetero) is 1. The van der Waals surface area contributed by atoms with Crippen molar-refractivity contribution in [3.63, 3.8) is 0 Å². The molecule has 0 saturated carbocycles. The van der Waals surface area contributed by atoms with Crippen molar-refractivity contribution < 1.29 is 17.8 Å². The molecule has 0 N–H and O–H groups in total. The van der Waals surface area contributed by atoms with Gasteiger partial charge in [0.2, 0.25) is 0 Å². The minimum Gasteiger partial charge on any atom is -0.294 e. The Morgan fingerprint density at radius 3 is 2.45 bits per heavy atom. The predicted octanol–water partition coefficient (Wildman–Crippen LogP) is 3.35. The zero-order valence-corrected chi connectivity index (χ0v) is 11.3. The fourth-order valence-electron chi connectivity index (χ4n) is 1.72. The van der Waals surface area contributed by atoms with Gasteiger partial charge in [-0.05, 0) is 18.2 Å². The van der Waals surface area contributed by atoms with Crippen molar-refractivity contribution in [2.24, 2.45) is 0 Å². The molecular formula is C15H12F2O2S. The van der Waals surface area contributed by atoms with Gasteiger partial charge in [0.1, 0.15) is 11.6 Å². The van der Waals surface area contributed by atoms with Crippen LogP contribution in [0.3, 0.4) is 0 Å². The Bertz CT molecular complexity index is 642. The number of carbonyl (C=O) groups excluding carboxylic acids is 1. The SMILES string of the molecule is O=C(CCS(=O)c1cc(F)ccc1F)c1ccccc1. The minimum atomic E-state index is -1.74. The van der Waals surface area contributed by atoms with E-state index >= 15 is 0 Å². The smallest absolute Gasteiger partial charge is 0.163 e. The predicted molar refractivity (Wildman–Crippen MR) is 73.0 cm³/mol. The summed E-state index contributed by atoms with van der Waals surface area (Å²) in [6.07, 6.45) is 0.0204. The number of carbonyl (C=O) groups is 1. The van der Waals surface area contributed by atoms with Gasteiger partial charge >= 0.3 is 0 Å². The van der Waals surface area contributed by atoms with Crippen LogP contribution in [0.25, 0.3) is 0 Å². The largest absolute Gasteiger partial charge is 0.294 e. The first-order chi connectivity index (χ1) is 9.58. The lowest BCUT2D eigenvalue weighted by molar-refractivity contribution is 0.0989. The van der Waals surface area contributed by atoms with Crippen molar-refractivity contribution in [2.75, 3.05) is 5.75 Å². The summed E-state index contributed by atoms with van der Waals surface area (Å²) in [5.41, 5.74) is 0.518. The summed E-state index contributed by atoms with van der Waals surface area (Å²) >= 11 is 0. The summed E-state index contributed by atoms with van der Waals surface area (Å²) in [6.45, 7) is 0. The third-order valence-corrected chi connectivity index (χ3v) is 4.13. The average molecular weight is 294 g/mol. The molecule has 20 heavy (non-hydrogen) atoms. The molecule has 0 amide bonds. The molecule has 0 aromatic heterocycles. The van der Waals surface area contributed by atoms with Crippen LogP contribution in [0.4, 0.5) is 8.78 Å². The van der Waals surface area contributed by atoms with E-state index in [-0.39, 0.29) is 22.9 Å². The summed E-state index contributed by atoms with van der Waals surface area (Å²) in [4.78, 5) is 11.6. The lowest BCUT2D eigenvalue weighted by atomic mass is 10.1. The van der Waals surface area contributed by atoms with Gasteiger partial charge in [-0.2, -0.15) is 0 Å². The number of hydrogen-bond acceptors (Lipinski definition) is 2. The van der Waals surface area contributed by atoms with Gasteiger partial charge in [0.05, 0.1) is 15.7 Å². The maximum Gasteiger partial charge on any atom is 0.163 e. The highest BCUT2D eigenvalue weighted by atomic mass is 32.2. The molecule has 104 valence electrons. The van der Waals surface area contributed by atoms with E-state index in [9.17, 15) is 17.8 Å². The van der Waals surface area contributed by atoms with E-state index in [4.69, 9.17) is 0 Å². The van der Waals surface area contributed by atoms with Crippen LogP contribution < -0.4 is 0 Å². The monoisotopic (exact) mass is 294 g/mol. The summed E-state index contributed by atoms with van der Waals surface area (Å²) in [5, 5.41) is 0. The highest BCUT2D eigenvalue weighted by Crippen LogP contribution is 2.15. The molecule has 0 aliphatic rings. The van der Waals surface area contributed by atoms with Crippen molar-refractivity contribution in [1.29, 1.82) is 0 Å². The Balaban J connectivity index is 2.02. The molecule has 0 radical (unpaired) electrons. The number of rotatable bonds is 5. The Morgan fingerprint density at radius 2 is 1.75 bits per heavy atom. The highest BCUT2D eigenvalue weighted by molar-refractivity contribution is 7.85. The second kappa shape index (κ2) is 6.52. The van der Waals surface area contributed by atoms with E-state index in [0.29, 0.717) is 5.56 Å². The normalized spacial score (nSPS) is 12.1. The van der Waals surface area contributed by atoms with E-state index in [0.717, 1.165) is 18.2 Å². The van der Waals surface area contributed by atoms with Gasteiger partial charge in [0, 0.05) is 17.7 Å². The lowest BCUT2D eigenvalue weighted by Gasteiger charge is -2.04. The number of benzene rings is 2. The lowest BCUT2D eigenvalue weighted by Crippen LogP contribution is -2.08. The van der Waals surface area contributed by atoms with Crippen molar-refractivity contribution in [1.82, 2.24) is 0 Å². The van der Waals surface area contributed by atoms with Crippen LogP contribution in [0.5, 0.6) is 0 Å².